The van der Waals surface area contributed by atoms with Crippen LogP contribution in [-0.2, 0) is 52.5 Å². The van der Waals surface area contributed by atoms with E-state index in [2.05, 4.69) is 11.2 Å². The van der Waals surface area contributed by atoms with Crippen LogP contribution in [0.2, 0.25) is 0 Å². The summed E-state index contributed by atoms with van der Waals surface area (Å²) < 4.78 is 31.3. The minimum Gasteiger partial charge on any atom is -0.484 e. The van der Waals surface area contributed by atoms with E-state index in [9.17, 15) is 28.8 Å². The molecule has 0 aliphatic carbocycles. The molecular formula is C26H31NO12. The van der Waals surface area contributed by atoms with Crippen LogP contribution in [0.1, 0.15) is 40.2 Å². The van der Waals surface area contributed by atoms with Crippen molar-refractivity contribution >= 4 is 35.8 Å². The molecule has 0 unspecified atom stereocenters. The molecule has 212 valence electrons. The normalized spacial score (nSPS) is 13.2. The van der Waals surface area contributed by atoms with Crippen molar-refractivity contribution in [3.05, 3.63) is 29.8 Å². The first kappa shape index (κ1) is 32.4. The molecule has 1 aromatic rings. The quantitative estimate of drug-likeness (QED) is 0.193. The van der Waals surface area contributed by atoms with Crippen molar-refractivity contribution < 1.29 is 57.2 Å². The number of terminal acetylenes is 1. The van der Waals surface area contributed by atoms with E-state index in [4.69, 9.17) is 34.8 Å². The van der Waals surface area contributed by atoms with Crippen LogP contribution in [0, 0.1) is 12.3 Å². The summed E-state index contributed by atoms with van der Waals surface area (Å²) in [7, 11) is 0. The van der Waals surface area contributed by atoms with Crippen LogP contribution in [0.25, 0.3) is 0 Å². The third-order valence-electron chi connectivity index (χ3n) is 4.64. The fourth-order valence-electron chi connectivity index (χ4n) is 3.20. The molecule has 0 radical (unpaired) electrons. The van der Waals surface area contributed by atoms with Gasteiger partial charge in [0.15, 0.2) is 31.0 Å². The Kier molecular flexibility index (Phi) is 13.5. The lowest BCUT2D eigenvalue weighted by Gasteiger charge is -2.35. The Balaban J connectivity index is 3.19. The average Bonchev–Trinajstić information content (AvgIpc) is 2.84. The van der Waals surface area contributed by atoms with Gasteiger partial charge in [0.05, 0.1) is 6.54 Å². The van der Waals surface area contributed by atoms with Crippen LogP contribution in [0.4, 0.5) is 0 Å². The molecule has 0 saturated heterocycles. The summed E-state index contributed by atoms with van der Waals surface area (Å²) in [6, 6.07) is 6.39. The summed E-state index contributed by atoms with van der Waals surface area (Å²) in [4.78, 5) is 71.4. The second-order valence-electron chi connectivity index (χ2n) is 8.01. The molecule has 0 aromatic heterocycles. The summed E-state index contributed by atoms with van der Waals surface area (Å²) in [6.07, 6.45) is -0.820. The molecule has 0 aliphatic rings. The molecule has 13 nitrogen and oxygen atoms in total. The summed E-state index contributed by atoms with van der Waals surface area (Å²) in [5.74, 6) is -2.00. The van der Waals surface area contributed by atoms with E-state index in [1.807, 2.05) is 0 Å². The molecule has 0 bridgehead atoms. The van der Waals surface area contributed by atoms with Crippen molar-refractivity contribution in [1.82, 2.24) is 5.32 Å². The first-order valence-electron chi connectivity index (χ1n) is 11.6. The van der Waals surface area contributed by atoms with Gasteiger partial charge in [-0.3, -0.25) is 28.8 Å². The number of carbonyl (C=O) groups excluding carboxylic acids is 6. The number of carbonyl (C=O) groups is 6. The standard InChI is InChI=1S/C26H31NO12/c1-7-20-8-10-21(11-9-20)35-14-24(33)27-12-22(36-16(3)29)25(38-18(5)31)26(39-19(6)32)23(37-17(4)30)13-34-15(2)28/h1,8-11,22-23,25-26H,12-14H2,2-6H3,(H,27,33)/t22-,23-,25+,26+/m1/s1. The van der Waals surface area contributed by atoms with E-state index in [-0.39, 0.29) is 0 Å². The van der Waals surface area contributed by atoms with E-state index in [0.717, 1.165) is 34.6 Å². The van der Waals surface area contributed by atoms with E-state index in [1.54, 1.807) is 24.3 Å². The maximum Gasteiger partial charge on any atom is 0.303 e. The topological polar surface area (TPSA) is 170 Å². The third kappa shape index (κ3) is 13.0. The molecule has 1 aromatic carbocycles. The predicted molar refractivity (Wildman–Crippen MR) is 132 cm³/mol. The molecule has 0 spiro atoms. The lowest BCUT2D eigenvalue weighted by molar-refractivity contribution is -0.202. The van der Waals surface area contributed by atoms with Crippen molar-refractivity contribution in [1.29, 1.82) is 0 Å². The number of rotatable bonds is 14. The summed E-state index contributed by atoms with van der Waals surface area (Å²) in [5, 5.41) is 2.47. The van der Waals surface area contributed by atoms with Gasteiger partial charge in [-0.05, 0) is 24.3 Å². The molecule has 1 N–H and O–H groups in total. The van der Waals surface area contributed by atoms with Crippen LogP contribution >= 0.6 is 0 Å². The molecule has 1 rings (SSSR count). The van der Waals surface area contributed by atoms with Gasteiger partial charge < -0.3 is 33.7 Å². The first-order chi connectivity index (χ1) is 18.3. The van der Waals surface area contributed by atoms with Gasteiger partial charge in [-0.2, -0.15) is 0 Å². The number of esters is 5. The van der Waals surface area contributed by atoms with Crippen LogP contribution in [-0.4, -0.2) is 79.9 Å². The fraction of sp³-hybridized carbons (Fsp3) is 0.462. The van der Waals surface area contributed by atoms with Crippen LogP contribution in [0.3, 0.4) is 0 Å². The zero-order valence-electron chi connectivity index (χ0n) is 22.2. The highest BCUT2D eigenvalue weighted by Crippen LogP contribution is 2.20. The number of amides is 1. The Bertz CT molecular complexity index is 1080. The van der Waals surface area contributed by atoms with Gasteiger partial charge in [0.2, 0.25) is 0 Å². The van der Waals surface area contributed by atoms with Crippen LogP contribution in [0.5, 0.6) is 5.75 Å². The van der Waals surface area contributed by atoms with Crippen molar-refractivity contribution in [2.45, 2.75) is 59.0 Å². The van der Waals surface area contributed by atoms with Crippen molar-refractivity contribution in [2.75, 3.05) is 19.8 Å². The van der Waals surface area contributed by atoms with E-state index in [0.29, 0.717) is 11.3 Å². The van der Waals surface area contributed by atoms with Gasteiger partial charge >= 0.3 is 29.8 Å². The SMILES string of the molecule is C#Cc1ccc(OCC(=O)NC[C@@H](OC(C)=O)[C@H](OC(C)=O)[C@@H](OC(C)=O)[C@@H](COC(C)=O)OC(C)=O)cc1. The van der Waals surface area contributed by atoms with E-state index < -0.39 is 79.9 Å². The maximum absolute atomic E-state index is 12.5. The number of ether oxygens (including phenoxy) is 6. The zero-order valence-corrected chi connectivity index (χ0v) is 22.2. The summed E-state index contributed by atoms with van der Waals surface area (Å²) in [5.41, 5.74) is 0.621. The number of hydrogen-bond acceptors (Lipinski definition) is 12. The second-order valence-corrected chi connectivity index (χ2v) is 8.01. The predicted octanol–water partition coefficient (Wildman–Crippen LogP) is 0.453. The zero-order chi connectivity index (χ0) is 29.5. The van der Waals surface area contributed by atoms with E-state index >= 15 is 0 Å². The minimum atomic E-state index is -1.61. The third-order valence-corrected chi connectivity index (χ3v) is 4.64. The highest BCUT2D eigenvalue weighted by molar-refractivity contribution is 5.77. The monoisotopic (exact) mass is 549 g/mol. The van der Waals surface area contributed by atoms with E-state index in [1.165, 1.54) is 0 Å². The highest BCUT2D eigenvalue weighted by atomic mass is 16.6. The molecule has 13 heteroatoms. The molecule has 39 heavy (non-hydrogen) atoms. The smallest absolute Gasteiger partial charge is 0.303 e. The van der Waals surface area contributed by atoms with Gasteiger partial charge in [0.25, 0.3) is 5.91 Å². The largest absolute Gasteiger partial charge is 0.484 e. The molecule has 0 heterocycles. The van der Waals surface area contributed by atoms with Crippen molar-refractivity contribution in [2.24, 2.45) is 0 Å². The minimum absolute atomic E-state index is 0.364. The highest BCUT2D eigenvalue weighted by Gasteiger charge is 2.44. The molecule has 0 fully saturated rings. The maximum atomic E-state index is 12.5. The first-order valence-corrected chi connectivity index (χ1v) is 11.6. The Hall–Kier alpha value is -4.60. The Morgan fingerprint density at radius 3 is 1.69 bits per heavy atom. The lowest BCUT2D eigenvalue weighted by Crippen LogP contribution is -2.55. The summed E-state index contributed by atoms with van der Waals surface area (Å²) in [6.45, 7) is 3.82. The lowest BCUT2D eigenvalue weighted by atomic mass is 10.0. The Labute approximate surface area is 225 Å². The number of hydrogen-bond donors (Lipinski definition) is 1. The molecule has 0 saturated carbocycles. The van der Waals surface area contributed by atoms with Crippen LogP contribution < -0.4 is 10.1 Å². The van der Waals surface area contributed by atoms with Gasteiger partial charge in [-0.25, -0.2) is 0 Å². The molecule has 4 atom stereocenters. The number of benzene rings is 1. The number of nitrogens with one attached hydrogen (secondary N) is 1. The average molecular weight is 550 g/mol. The van der Waals surface area contributed by atoms with Gasteiger partial charge in [0.1, 0.15) is 12.4 Å². The van der Waals surface area contributed by atoms with Gasteiger partial charge in [-0.15, -0.1) is 6.42 Å². The fourth-order valence-corrected chi connectivity index (χ4v) is 3.20. The summed E-state index contributed by atoms with van der Waals surface area (Å²) >= 11 is 0. The second kappa shape index (κ2) is 16.3. The Morgan fingerprint density at radius 1 is 0.744 bits per heavy atom. The molecule has 1 amide bonds. The van der Waals surface area contributed by atoms with Crippen LogP contribution in [0.15, 0.2) is 24.3 Å². The van der Waals surface area contributed by atoms with Gasteiger partial charge in [-0.1, -0.05) is 5.92 Å². The van der Waals surface area contributed by atoms with Crippen molar-refractivity contribution in [3.63, 3.8) is 0 Å². The molecular weight excluding hydrogens is 518 g/mol. The Morgan fingerprint density at radius 2 is 1.23 bits per heavy atom. The van der Waals surface area contributed by atoms with Gasteiger partial charge in [0, 0.05) is 40.2 Å². The molecule has 0 aliphatic heterocycles. The van der Waals surface area contributed by atoms with Crippen molar-refractivity contribution in [3.8, 4) is 18.1 Å².